The number of carbonyl (C=O) groups excluding carboxylic acids is 1. The van der Waals surface area contributed by atoms with Crippen LogP contribution in [0.25, 0.3) is 5.69 Å². The molecule has 0 radical (unpaired) electrons. The zero-order valence-corrected chi connectivity index (χ0v) is 19.2. The maximum absolute atomic E-state index is 12.6. The summed E-state index contributed by atoms with van der Waals surface area (Å²) in [5, 5.41) is 12.1. The first-order valence-electron chi connectivity index (χ1n) is 9.91. The van der Waals surface area contributed by atoms with Gasteiger partial charge in [-0.05, 0) is 36.4 Å². The lowest BCUT2D eigenvalue weighted by atomic mass is 10.2. The molecule has 2 aromatic heterocycles. The van der Waals surface area contributed by atoms with Gasteiger partial charge in [-0.15, -0.1) is 10.2 Å². The number of benzene rings is 2. The molecule has 0 atom stereocenters. The number of halogens is 1. The SMILES string of the molecule is COc1ccc(NC(=O)CSc2nncn2-c2cccc(Cl)c2)cc1OCc1cccnc1. The number of anilines is 1. The Labute approximate surface area is 199 Å². The van der Waals surface area contributed by atoms with Crippen molar-refractivity contribution in [2.75, 3.05) is 18.2 Å². The fourth-order valence-corrected chi connectivity index (χ4v) is 3.88. The quantitative estimate of drug-likeness (QED) is 0.348. The molecule has 0 spiro atoms. The number of hydrogen-bond acceptors (Lipinski definition) is 7. The van der Waals surface area contributed by atoms with Crippen LogP contribution in [-0.2, 0) is 11.4 Å². The van der Waals surface area contributed by atoms with Crippen molar-refractivity contribution in [2.24, 2.45) is 0 Å². The average Bonchev–Trinajstić information content (AvgIpc) is 3.31. The summed E-state index contributed by atoms with van der Waals surface area (Å²) in [6, 6.07) is 16.3. The van der Waals surface area contributed by atoms with Gasteiger partial charge < -0.3 is 14.8 Å². The van der Waals surface area contributed by atoms with Gasteiger partial charge in [0, 0.05) is 34.7 Å². The van der Waals surface area contributed by atoms with Gasteiger partial charge >= 0.3 is 0 Å². The largest absolute Gasteiger partial charge is 0.493 e. The molecule has 0 bridgehead atoms. The van der Waals surface area contributed by atoms with Crippen molar-refractivity contribution in [1.29, 1.82) is 0 Å². The van der Waals surface area contributed by atoms with E-state index in [2.05, 4.69) is 20.5 Å². The lowest BCUT2D eigenvalue weighted by Gasteiger charge is -2.13. The van der Waals surface area contributed by atoms with Crippen molar-refractivity contribution in [3.8, 4) is 17.2 Å². The van der Waals surface area contributed by atoms with Crippen molar-refractivity contribution in [3.05, 3.63) is 83.9 Å². The first-order valence-corrected chi connectivity index (χ1v) is 11.3. The first kappa shape index (κ1) is 22.6. The van der Waals surface area contributed by atoms with Gasteiger partial charge in [0.05, 0.1) is 18.6 Å². The van der Waals surface area contributed by atoms with E-state index in [9.17, 15) is 4.79 Å². The van der Waals surface area contributed by atoms with Crippen LogP contribution in [-0.4, -0.2) is 38.5 Å². The second-order valence-electron chi connectivity index (χ2n) is 6.82. The second kappa shape index (κ2) is 10.8. The summed E-state index contributed by atoms with van der Waals surface area (Å²) >= 11 is 7.35. The van der Waals surface area contributed by atoms with Gasteiger partial charge in [0.1, 0.15) is 12.9 Å². The van der Waals surface area contributed by atoms with Crippen LogP contribution in [0.3, 0.4) is 0 Å². The van der Waals surface area contributed by atoms with Crippen LogP contribution in [0, 0.1) is 0 Å². The molecule has 2 aromatic carbocycles. The van der Waals surface area contributed by atoms with Gasteiger partial charge in [-0.1, -0.05) is 35.5 Å². The van der Waals surface area contributed by atoms with Crippen LogP contribution in [0.5, 0.6) is 11.5 Å². The number of nitrogens with zero attached hydrogens (tertiary/aromatic N) is 4. The Morgan fingerprint density at radius 3 is 2.85 bits per heavy atom. The minimum atomic E-state index is -0.191. The number of thioether (sulfide) groups is 1. The van der Waals surface area contributed by atoms with E-state index in [4.69, 9.17) is 21.1 Å². The summed E-state index contributed by atoms with van der Waals surface area (Å²) in [7, 11) is 1.57. The van der Waals surface area contributed by atoms with E-state index < -0.39 is 0 Å². The number of rotatable bonds is 9. The van der Waals surface area contributed by atoms with E-state index in [0.717, 1.165) is 11.3 Å². The minimum Gasteiger partial charge on any atom is -0.493 e. The van der Waals surface area contributed by atoms with Gasteiger partial charge in [-0.3, -0.25) is 14.3 Å². The van der Waals surface area contributed by atoms with Gasteiger partial charge in [-0.25, -0.2) is 0 Å². The van der Waals surface area contributed by atoms with Gasteiger partial charge in [0.2, 0.25) is 5.91 Å². The maximum atomic E-state index is 12.6. The third-order valence-corrected chi connectivity index (χ3v) is 5.68. The molecule has 1 N–H and O–H groups in total. The van der Waals surface area contributed by atoms with E-state index >= 15 is 0 Å². The monoisotopic (exact) mass is 481 g/mol. The number of nitrogens with one attached hydrogen (secondary N) is 1. The van der Waals surface area contributed by atoms with Crippen molar-refractivity contribution in [1.82, 2.24) is 19.7 Å². The van der Waals surface area contributed by atoms with Gasteiger partial charge in [-0.2, -0.15) is 0 Å². The average molecular weight is 482 g/mol. The van der Waals surface area contributed by atoms with Crippen LogP contribution < -0.4 is 14.8 Å². The Morgan fingerprint density at radius 1 is 1.15 bits per heavy atom. The topological polar surface area (TPSA) is 91.2 Å². The molecule has 4 aromatic rings. The van der Waals surface area contributed by atoms with E-state index in [-0.39, 0.29) is 11.7 Å². The number of pyridine rings is 1. The summed E-state index contributed by atoms with van der Waals surface area (Å²) in [4.78, 5) is 16.6. The Kier molecular flexibility index (Phi) is 7.43. The number of aromatic nitrogens is 4. The van der Waals surface area contributed by atoms with Crippen molar-refractivity contribution in [2.45, 2.75) is 11.8 Å². The minimum absolute atomic E-state index is 0.150. The number of amides is 1. The van der Waals surface area contributed by atoms with Crippen LogP contribution >= 0.6 is 23.4 Å². The smallest absolute Gasteiger partial charge is 0.234 e. The Balaban J connectivity index is 1.38. The Hall–Kier alpha value is -3.56. The molecule has 8 nitrogen and oxygen atoms in total. The summed E-state index contributed by atoms with van der Waals surface area (Å²) in [5.74, 6) is 1.05. The molecule has 0 saturated carbocycles. The molecule has 10 heteroatoms. The molecular formula is C23H20ClN5O3S. The molecule has 0 unspecified atom stereocenters. The standard InChI is InChI=1S/C23H20ClN5O3S/c1-31-20-8-7-18(11-21(20)32-13-16-4-3-9-25-12-16)27-22(30)14-33-23-28-26-15-29(23)19-6-2-5-17(24)10-19/h2-12,15H,13-14H2,1H3,(H,27,30). The van der Waals surface area contributed by atoms with Crippen LogP contribution in [0.15, 0.2) is 78.5 Å². The fraction of sp³-hybridized carbons (Fsp3) is 0.130. The summed E-state index contributed by atoms with van der Waals surface area (Å²) in [6.45, 7) is 0.330. The Morgan fingerprint density at radius 2 is 2.06 bits per heavy atom. The molecule has 0 aliphatic heterocycles. The normalized spacial score (nSPS) is 10.6. The van der Waals surface area contributed by atoms with Crippen LogP contribution in [0.2, 0.25) is 5.02 Å². The first-order chi connectivity index (χ1) is 16.1. The zero-order chi connectivity index (χ0) is 23.0. The zero-order valence-electron chi connectivity index (χ0n) is 17.6. The third kappa shape index (κ3) is 6.03. The lowest BCUT2D eigenvalue weighted by molar-refractivity contribution is -0.113. The molecule has 33 heavy (non-hydrogen) atoms. The maximum Gasteiger partial charge on any atom is 0.234 e. The van der Waals surface area contributed by atoms with Gasteiger partial charge in [0.15, 0.2) is 16.7 Å². The summed E-state index contributed by atoms with van der Waals surface area (Å²) in [6.07, 6.45) is 5.02. The highest BCUT2D eigenvalue weighted by atomic mass is 35.5. The number of carbonyl (C=O) groups is 1. The predicted octanol–water partition coefficient (Wildman–Crippen LogP) is 4.63. The molecule has 0 aliphatic carbocycles. The van der Waals surface area contributed by atoms with Gasteiger partial charge in [0.25, 0.3) is 0 Å². The van der Waals surface area contributed by atoms with E-state index in [0.29, 0.717) is 34.0 Å². The third-order valence-electron chi connectivity index (χ3n) is 4.50. The molecule has 1 amide bonds. The number of ether oxygens (including phenoxy) is 2. The van der Waals surface area contributed by atoms with E-state index in [1.54, 1.807) is 60.7 Å². The summed E-state index contributed by atoms with van der Waals surface area (Å²) in [5.41, 5.74) is 2.34. The highest BCUT2D eigenvalue weighted by Gasteiger charge is 2.12. The second-order valence-corrected chi connectivity index (χ2v) is 8.19. The molecule has 4 rings (SSSR count). The lowest BCUT2D eigenvalue weighted by Crippen LogP contribution is -2.14. The highest BCUT2D eigenvalue weighted by Crippen LogP contribution is 2.31. The number of methoxy groups -OCH3 is 1. The van der Waals surface area contributed by atoms with Crippen LogP contribution in [0.4, 0.5) is 5.69 Å². The van der Waals surface area contributed by atoms with E-state index in [1.807, 2.05) is 24.3 Å². The highest BCUT2D eigenvalue weighted by molar-refractivity contribution is 7.99. The molecule has 168 valence electrons. The number of hydrogen-bond donors (Lipinski definition) is 1. The molecule has 0 saturated heterocycles. The van der Waals surface area contributed by atoms with Crippen molar-refractivity contribution < 1.29 is 14.3 Å². The fourth-order valence-electron chi connectivity index (χ4n) is 2.96. The Bertz CT molecular complexity index is 1240. The molecule has 2 heterocycles. The predicted molar refractivity (Wildman–Crippen MR) is 127 cm³/mol. The molecule has 0 aliphatic rings. The van der Waals surface area contributed by atoms with Crippen molar-refractivity contribution in [3.63, 3.8) is 0 Å². The van der Waals surface area contributed by atoms with Crippen molar-refractivity contribution >= 4 is 35.0 Å². The molecular weight excluding hydrogens is 462 g/mol. The molecule has 0 fully saturated rings. The van der Waals surface area contributed by atoms with Crippen LogP contribution in [0.1, 0.15) is 5.56 Å². The summed E-state index contributed by atoms with van der Waals surface area (Å²) < 4.78 is 13.0. The van der Waals surface area contributed by atoms with E-state index in [1.165, 1.54) is 11.8 Å².